The van der Waals surface area contributed by atoms with Gasteiger partial charge in [-0.15, -0.1) is 0 Å². The molecule has 0 aliphatic rings. The second-order valence-corrected chi connectivity index (χ2v) is 5.55. The number of nitrogens with two attached hydrogens (primary N) is 1. The first-order valence-corrected chi connectivity index (χ1v) is 7.48. The van der Waals surface area contributed by atoms with Crippen molar-refractivity contribution in [2.45, 2.75) is 6.61 Å². The third-order valence-electron chi connectivity index (χ3n) is 2.95. The van der Waals surface area contributed by atoms with E-state index in [2.05, 4.69) is 21.2 Å². The highest BCUT2D eigenvalue weighted by Crippen LogP contribution is 2.20. The Morgan fingerprint density at radius 1 is 1.17 bits per heavy atom. The van der Waals surface area contributed by atoms with E-state index in [1.165, 1.54) is 12.1 Å². The fourth-order valence-electron chi connectivity index (χ4n) is 1.77. The van der Waals surface area contributed by atoms with Gasteiger partial charge in [0.05, 0.1) is 6.54 Å². The number of carbonyl (C=O) groups excluding carboxylic acids is 2. The molecule has 0 bridgehead atoms. The van der Waals surface area contributed by atoms with Gasteiger partial charge in [0.2, 0.25) is 5.91 Å². The Morgan fingerprint density at radius 3 is 2.48 bits per heavy atom. The number of rotatable bonds is 6. The highest BCUT2D eigenvalue weighted by atomic mass is 79.9. The molecular weight excluding hydrogens is 367 g/mol. The van der Waals surface area contributed by atoms with Crippen molar-refractivity contribution < 1.29 is 18.7 Å². The van der Waals surface area contributed by atoms with Gasteiger partial charge in [-0.3, -0.25) is 9.59 Å². The molecule has 2 amide bonds. The summed E-state index contributed by atoms with van der Waals surface area (Å²) in [7, 11) is 0. The molecule has 0 spiro atoms. The van der Waals surface area contributed by atoms with E-state index >= 15 is 0 Å². The van der Waals surface area contributed by atoms with Crippen LogP contribution in [-0.2, 0) is 11.4 Å². The molecule has 120 valence electrons. The van der Waals surface area contributed by atoms with Gasteiger partial charge < -0.3 is 15.8 Å². The lowest BCUT2D eigenvalue weighted by Crippen LogP contribution is -2.33. The highest BCUT2D eigenvalue weighted by Gasteiger charge is 2.07. The van der Waals surface area contributed by atoms with E-state index in [0.29, 0.717) is 15.8 Å². The molecule has 2 aromatic rings. The number of hydrogen-bond acceptors (Lipinski definition) is 3. The second kappa shape index (κ2) is 7.73. The van der Waals surface area contributed by atoms with Crippen molar-refractivity contribution in [2.24, 2.45) is 5.73 Å². The summed E-state index contributed by atoms with van der Waals surface area (Å²) in [6.07, 6.45) is 0. The monoisotopic (exact) mass is 380 g/mol. The lowest BCUT2D eigenvalue weighted by atomic mass is 10.2. The number of primary amides is 1. The molecule has 0 fully saturated rings. The molecule has 0 heterocycles. The number of benzene rings is 2. The molecule has 2 rings (SSSR count). The molecule has 5 nitrogen and oxygen atoms in total. The van der Waals surface area contributed by atoms with E-state index in [1.807, 2.05) is 0 Å². The Balaban J connectivity index is 1.94. The van der Waals surface area contributed by atoms with Crippen LogP contribution in [0.5, 0.6) is 5.75 Å². The molecule has 2 aromatic carbocycles. The van der Waals surface area contributed by atoms with Gasteiger partial charge in [0.1, 0.15) is 18.2 Å². The van der Waals surface area contributed by atoms with Crippen molar-refractivity contribution in [2.75, 3.05) is 6.54 Å². The van der Waals surface area contributed by atoms with Crippen molar-refractivity contribution in [3.8, 4) is 5.75 Å². The lowest BCUT2D eigenvalue weighted by Gasteiger charge is -2.09. The van der Waals surface area contributed by atoms with Crippen molar-refractivity contribution >= 4 is 27.7 Å². The van der Waals surface area contributed by atoms with Gasteiger partial charge in [0.15, 0.2) is 0 Å². The molecule has 7 heteroatoms. The number of hydrogen-bond donors (Lipinski definition) is 2. The first kappa shape index (κ1) is 17.0. The van der Waals surface area contributed by atoms with Crippen LogP contribution in [-0.4, -0.2) is 18.4 Å². The lowest BCUT2D eigenvalue weighted by molar-refractivity contribution is -0.117. The predicted octanol–water partition coefficient (Wildman–Crippen LogP) is 2.38. The van der Waals surface area contributed by atoms with E-state index in [0.717, 1.165) is 5.56 Å². The summed E-state index contributed by atoms with van der Waals surface area (Å²) in [4.78, 5) is 22.3. The van der Waals surface area contributed by atoms with Crippen LogP contribution in [0.1, 0.15) is 15.9 Å². The zero-order valence-corrected chi connectivity index (χ0v) is 13.6. The Kier molecular flexibility index (Phi) is 5.70. The van der Waals surface area contributed by atoms with E-state index in [4.69, 9.17) is 10.5 Å². The minimum atomic E-state index is -0.608. The smallest absolute Gasteiger partial charge is 0.251 e. The normalized spacial score (nSPS) is 10.2. The Bertz CT molecular complexity index is 720. The standard InChI is InChI=1S/C16H14BrFN2O3/c17-14-7-12(18)4-1-11(14)9-23-13-5-2-10(3-6-13)16(22)20-8-15(19)21/h1-7H,8-9H2,(H2,19,21)(H,20,22). The molecule has 23 heavy (non-hydrogen) atoms. The van der Waals surface area contributed by atoms with Crippen LogP contribution in [0, 0.1) is 5.82 Å². The van der Waals surface area contributed by atoms with Gasteiger partial charge in [-0.2, -0.15) is 0 Å². The summed E-state index contributed by atoms with van der Waals surface area (Å²) in [5.74, 6) is -0.764. The Labute approximate surface area is 140 Å². The average molecular weight is 381 g/mol. The SMILES string of the molecule is NC(=O)CNC(=O)c1ccc(OCc2ccc(F)cc2Br)cc1. The first-order chi connectivity index (χ1) is 11.0. The topological polar surface area (TPSA) is 81.4 Å². The van der Waals surface area contributed by atoms with E-state index < -0.39 is 11.8 Å². The molecule has 0 saturated carbocycles. The van der Waals surface area contributed by atoms with Crippen LogP contribution < -0.4 is 15.8 Å². The third-order valence-corrected chi connectivity index (χ3v) is 3.69. The van der Waals surface area contributed by atoms with Gasteiger partial charge in [-0.1, -0.05) is 22.0 Å². The van der Waals surface area contributed by atoms with Crippen molar-refractivity contribution in [1.82, 2.24) is 5.32 Å². The second-order valence-electron chi connectivity index (χ2n) is 4.70. The quantitative estimate of drug-likeness (QED) is 0.806. The maximum Gasteiger partial charge on any atom is 0.251 e. The fourth-order valence-corrected chi connectivity index (χ4v) is 2.24. The zero-order chi connectivity index (χ0) is 16.8. The largest absolute Gasteiger partial charge is 0.489 e. The zero-order valence-electron chi connectivity index (χ0n) is 12.0. The van der Waals surface area contributed by atoms with E-state index in [1.54, 1.807) is 30.3 Å². The third kappa shape index (κ3) is 5.07. The first-order valence-electron chi connectivity index (χ1n) is 6.69. The summed E-state index contributed by atoms with van der Waals surface area (Å²) < 4.78 is 19.2. The molecule has 0 radical (unpaired) electrons. The maximum absolute atomic E-state index is 13.0. The summed E-state index contributed by atoms with van der Waals surface area (Å²) in [5.41, 5.74) is 6.15. The van der Waals surface area contributed by atoms with Crippen molar-refractivity contribution in [3.63, 3.8) is 0 Å². The summed E-state index contributed by atoms with van der Waals surface area (Å²) in [6.45, 7) is 0.0454. The van der Waals surface area contributed by atoms with Crippen molar-refractivity contribution in [1.29, 1.82) is 0 Å². The highest BCUT2D eigenvalue weighted by molar-refractivity contribution is 9.10. The average Bonchev–Trinajstić information content (AvgIpc) is 2.52. The van der Waals surface area contributed by atoms with Crippen LogP contribution in [0.3, 0.4) is 0 Å². The van der Waals surface area contributed by atoms with Crippen LogP contribution in [0.25, 0.3) is 0 Å². The number of carbonyl (C=O) groups is 2. The minimum absolute atomic E-state index is 0.213. The number of nitrogens with one attached hydrogen (secondary N) is 1. The van der Waals surface area contributed by atoms with Crippen LogP contribution in [0.15, 0.2) is 46.9 Å². The summed E-state index contributed by atoms with van der Waals surface area (Å²) in [6, 6.07) is 10.8. The predicted molar refractivity (Wildman–Crippen MR) is 86.4 cm³/mol. The molecule has 0 unspecified atom stereocenters. The van der Waals surface area contributed by atoms with Gasteiger partial charge in [-0.05, 0) is 36.4 Å². The molecule has 0 saturated heterocycles. The minimum Gasteiger partial charge on any atom is -0.489 e. The summed E-state index contributed by atoms with van der Waals surface area (Å²) >= 11 is 3.27. The fraction of sp³-hybridized carbons (Fsp3) is 0.125. The van der Waals surface area contributed by atoms with Crippen molar-refractivity contribution in [3.05, 3.63) is 63.9 Å². The molecule has 0 aliphatic carbocycles. The van der Waals surface area contributed by atoms with Gasteiger partial charge in [0, 0.05) is 15.6 Å². The molecular formula is C16H14BrFN2O3. The Hall–Kier alpha value is -2.41. The molecule has 3 N–H and O–H groups in total. The number of halogens is 2. The van der Waals surface area contributed by atoms with Gasteiger partial charge >= 0.3 is 0 Å². The number of amides is 2. The molecule has 0 aliphatic heterocycles. The van der Waals surface area contributed by atoms with Gasteiger partial charge in [-0.25, -0.2) is 4.39 Å². The molecule has 0 atom stereocenters. The van der Waals surface area contributed by atoms with Crippen LogP contribution in [0.2, 0.25) is 0 Å². The summed E-state index contributed by atoms with van der Waals surface area (Å²) in [5, 5.41) is 2.39. The molecule has 0 aromatic heterocycles. The van der Waals surface area contributed by atoms with Crippen LogP contribution in [0.4, 0.5) is 4.39 Å². The van der Waals surface area contributed by atoms with E-state index in [9.17, 15) is 14.0 Å². The maximum atomic E-state index is 13.0. The number of ether oxygens (including phenoxy) is 1. The van der Waals surface area contributed by atoms with E-state index in [-0.39, 0.29) is 19.0 Å². The van der Waals surface area contributed by atoms with Crippen LogP contribution >= 0.6 is 15.9 Å². The van der Waals surface area contributed by atoms with Gasteiger partial charge in [0.25, 0.3) is 5.91 Å². The Morgan fingerprint density at radius 2 is 1.87 bits per heavy atom.